The predicted molar refractivity (Wildman–Crippen MR) is 61.3 cm³/mol. The molecular formula is C10H10BrN3O. The number of benzene rings is 1. The van der Waals surface area contributed by atoms with Gasteiger partial charge in [-0.2, -0.15) is 0 Å². The molecule has 0 aliphatic carbocycles. The van der Waals surface area contributed by atoms with Crippen molar-refractivity contribution in [2.75, 3.05) is 0 Å². The monoisotopic (exact) mass is 267 g/mol. The summed E-state index contributed by atoms with van der Waals surface area (Å²) in [7, 11) is 0. The zero-order valence-electron chi connectivity index (χ0n) is 8.22. The van der Waals surface area contributed by atoms with E-state index in [0.29, 0.717) is 0 Å². The van der Waals surface area contributed by atoms with Crippen molar-refractivity contribution in [2.24, 2.45) is 5.11 Å². The van der Waals surface area contributed by atoms with Crippen LogP contribution in [0.2, 0.25) is 0 Å². The van der Waals surface area contributed by atoms with Crippen molar-refractivity contribution in [1.29, 1.82) is 0 Å². The Morgan fingerprint density at radius 2 is 2.13 bits per heavy atom. The number of nitrogens with zero attached hydrogens (tertiary/aromatic N) is 3. The lowest BCUT2D eigenvalue weighted by molar-refractivity contribution is -0.117. The summed E-state index contributed by atoms with van der Waals surface area (Å²) in [6.45, 7) is 1.48. The molecule has 0 aliphatic heterocycles. The van der Waals surface area contributed by atoms with Crippen LogP contribution in [0.4, 0.5) is 0 Å². The third kappa shape index (κ3) is 3.73. The maximum atomic E-state index is 11.0. The van der Waals surface area contributed by atoms with Crippen molar-refractivity contribution in [3.8, 4) is 0 Å². The van der Waals surface area contributed by atoms with E-state index < -0.39 is 6.04 Å². The number of hydrogen-bond donors (Lipinski definition) is 0. The van der Waals surface area contributed by atoms with Crippen LogP contribution in [0, 0.1) is 0 Å². The van der Waals surface area contributed by atoms with Crippen LogP contribution in [0.15, 0.2) is 33.9 Å². The van der Waals surface area contributed by atoms with E-state index in [0.717, 1.165) is 10.0 Å². The molecule has 0 saturated heterocycles. The SMILES string of the molecule is CC(=O)CC(N=[N+]=[N-])c1ccc(Br)cc1. The number of ketones is 1. The highest BCUT2D eigenvalue weighted by Gasteiger charge is 2.11. The Bertz CT molecular complexity index is 396. The second-order valence-corrected chi connectivity index (χ2v) is 4.09. The predicted octanol–water partition coefficient (Wildman–Crippen LogP) is 3.78. The minimum atomic E-state index is -0.402. The Kier molecular flexibility index (Phi) is 4.34. The topological polar surface area (TPSA) is 65.8 Å². The molecule has 0 spiro atoms. The molecule has 1 aromatic carbocycles. The molecule has 0 aromatic heterocycles. The molecule has 0 N–H and O–H groups in total. The number of halogens is 1. The van der Waals surface area contributed by atoms with Crippen LogP contribution in [-0.2, 0) is 4.79 Å². The highest BCUT2D eigenvalue weighted by Crippen LogP contribution is 2.23. The summed E-state index contributed by atoms with van der Waals surface area (Å²) in [5, 5.41) is 3.61. The van der Waals surface area contributed by atoms with Gasteiger partial charge >= 0.3 is 0 Å². The summed E-state index contributed by atoms with van der Waals surface area (Å²) in [5.74, 6) is 0.00955. The summed E-state index contributed by atoms with van der Waals surface area (Å²) in [4.78, 5) is 13.7. The molecule has 0 heterocycles. The number of azide groups is 1. The van der Waals surface area contributed by atoms with Crippen LogP contribution < -0.4 is 0 Å². The molecule has 5 heteroatoms. The zero-order chi connectivity index (χ0) is 11.3. The van der Waals surface area contributed by atoms with Gasteiger partial charge in [-0.25, -0.2) is 0 Å². The summed E-state index contributed by atoms with van der Waals surface area (Å²) in [6, 6.07) is 6.99. The van der Waals surface area contributed by atoms with Crippen LogP contribution in [0.1, 0.15) is 24.9 Å². The van der Waals surface area contributed by atoms with E-state index in [-0.39, 0.29) is 12.2 Å². The van der Waals surface area contributed by atoms with Crippen molar-refractivity contribution in [3.05, 3.63) is 44.7 Å². The van der Waals surface area contributed by atoms with Crippen molar-refractivity contribution < 1.29 is 4.79 Å². The fourth-order valence-corrected chi connectivity index (χ4v) is 1.51. The lowest BCUT2D eigenvalue weighted by atomic mass is 10.0. The van der Waals surface area contributed by atoms with E-state index in [1.807, 2.05) is 24.3 Å². The number of Topliss-reactive ketones (excluding diaryl/α,β-unsaturated/α-hetero) is 1. The summed E-state index contributed by atoms with van der Waals surface area (Å²) in [5.41, 5.74) is 9.26. The maximum Gasteiger partial charge on any atom is 0.130 e. The van der Waals surface area contributed by atoms with Gasteiger partial charge in [0, 0.05) is 15.8 Å². The lowest BCUT2D eigenvalue weighted by Crippen LogP contribution is -2.00. The standard InChI is InChI=1S/C10H10BrN3O/c1-7(15)6-10(13-14-12)8-2-4-9(11)5-3-8/h2-5,10H,6H2,1H3. The Morgan fingerprint density at radius 1 is 1.53 bits per heavy atom. The van der Waals surface area contributed by atoms with E-state index in [9.17, 15) is 4.79 Å². The minimum Gasteiger partial charge on any atom is -0.300 e. The first-order valence-corrected chi connectivity index (χ1v) is 5.22. The molecule has 0 radical (unpaired) electrons. The summed E-state index contributed by atoms with van der Waals surface area (Å²) >= 11 is 3.31. The van der Waals surface area contributed by atoms with Crippen LogP contribution in [0.5, 0.6) is 0 Å². The van der Waals surface area contributed by atoms with Crippen molar-refractivity contribution >= 4 is 21.7 Å². The van der Waals surface area contributed by atoms with E-state index in [1.54, 1.807) is 0 Å². The Labute approximate surface area is 96.1 Å². The van der Waals surface area contributed by atoms with Crippen molar-refractivity contribution in [2.45, 2.75) is 19.4 Å². The minimum absolute atomic E-state index is 0.00955. The normalized spacial score (nSPS) is 11.6. The first-order valence-electron chi connectivity index (χ1n) is 4.42. The average molecular weight is 268 g/mol. The van der Waals surface area contributed by atoms with Gasteiger partial charge in [0.15, 0.2) is 0 Å². The van der Waals surface area contributed by atoms with Gasteiger partial charge in [-0.15, -0.1) is 0 Å². The molecule has 15 heavy (non-hydrogen) atoms. The lowest BCUT2D eigenvalue weighted by Gasteiger charge is -2.09. The average Bonchev–Trinajstić information content (AvgIpc) is 2.17. The van der Waals surface area contributed by atoms with E-state index >= 15 is 0 Å². The number of hydrogen-bond acceptors (Lipinski definition) is 2. The van der Waals surface area contributed by atoms with Gasteiger partial charge in [0.25, 0.3) is 0 Å². The van der Waals surface area contributed by atoms with E-state index in [2.05, 4.69) is 26.0 Å². The maximum absolute atomic E-state index is 11.0. The van der Waals surface area contributed by atoms with Gasteiger partial charge in [-0.3, -0.25) is 0 Å². The van der Waals surface area contributed by atoms with Gasteiger partial charge in [0.1, 0.15) is 5.78 Å². The zero-order valence-corrected chi connectivity index (χ0v) is 9.81. The van der Waals surface area contributed by atoms with Crippen LogP contribution in [0.25, 0.3) is 10.4 Å². The number of carbonyl (C=O) groups excluding carboxylic acids is 1. The van der Waals surface area contributed by atoms with Gasteiger partial charge < -0.3 is 4.79 Å². The van der Waals surface area contributed by atoms with Crippen molar-refractivity contribution in [1.82, 2.24) is 0 Å². The first kappa shape index (κ1) is 11.8. The molecule has 1 atom stereocenters. The highest BCUT2D eigenvalue weighted by molar-refractivity contribution is 9.10. The van der Waals surface area contributed by atoms with Crippen LogP contribution >= 0.6 is 15.9 Å². The van der Waals surface area contributed by atoms with Gasteiger partial charge in [-0.05, 0) is 30.2 Å². The molecule has 78 valence electrons. The van der Waals surface area contributed by atoms with Gasteiger partial charge in [-0.1, -0.05) is 33.2 Å². The molecule has 0 saturated carbocycles. The van der Waals surface area contributed by atoms with Crippen molar-refractivity contribution in [3.63, 3.8) is 0 Å². The smallest absolute Gasteiger partial charge is 0.130 e. The quantitative estimate of drug-likeness (QED) is 0.465. The molecule has 0 aliphatic rings. The van der Waals surface area contributed by atoms with Gasteiger partial charge in [0.05, 0.1) is 6.04 Å². The Hall–Kier alpha value is -1.32. The molecule has 4 nitrogen and oxygen atoms in total. The molecule has 1 unspecified atom stereocenters. The first-order chi connectivity index (χ1) is 7.13. The third-order valence-corrected chi connectivity index (χ3v) is 2.46. The second-order valence-electron chi connectivity index (χ2n) is 3.18. The number of rotatable bonds is 4. The highest BCUT2D eigenvalue weighted by atomic mass is 79.9. The molecule has 0 fully saturated rings. The molecule has 0 amide bonds. The molecule has 1 rings (SSSR count). The van der Waals surface area contributed by atoms with Crippen LogP contribution in [-0.4, -0.2) is 5.78 Å². The van der Waals surface area contributed by atoms with Crippen LogP contribution in [0.3, 0.4) is 0 Å². The second kappa shape index (κ2) is 5.53. The third-order valence-electron chi connectivity index (χ3n) is 1.93. The fourth-order valence-electron chi connectivity index (χ4n) is 1.24. The molecule has 1 aromatic rings. The Morgan fingerprint density at radius 3 is 2.60 bits per heavy atom. The van der Waals surface area contributed by atoms with E-state index in [1.165, 1.54) is 6.92 Å². The molecular weight excluding hydrogens is 258 g/mol. The van der Waals surface area contributed by atoms with Gasteiger partial charge in [0.2, 0.25) is 0 Å². The summed E-state index contributed by atoms with van der Waals surface area (Å²) < 4.78 is 0.953. The largest absolute Gasteiger partial charge is 0.300 e. The summed E-state index contributed by atoms with van der Waals surface area (Å²) in [6.07, 6.45) is 0.242. The fraction of sp³-hybridized carbons (Fsp3) is 0.300. The Balaban J connectivity index is 2.93. The molecule has 0 bridgehead atoms. The number of carbonyl (C=O) groups is 1. The van der Waals surface area contributed by atoms with E-state index in [4.69, 9.17) is 5.53 Å².